The lowest BCUT2D eigenvalue weighted by Crippen LogP contribution is -2.02. The third-order valence-corrected chi connectivity index (χ3v) is 3.43. The highest BCUT2D eigenvalue weighted by molar-refractivity contribution is 7.10. The van der Waals surface area contributed by atoms with Crippen molar-refractivity contribution in [3.05, 3.63) is 51.5 Å². The molecule has 1 N–H and O–H groups in total. The maximum atomic E-state index is 10.2. The molecule has 2 rings (SSSR count). The minimum absolute atomic E-state index is 0.551. The fraction of sp³-hybridized carbons (Fsp3) is 0.250. The number of thiophene rings is 1. The molecule has 0 aliphatic carbocycles. The molecule has 0 radical (unpaired) electrons. The van der Waals surface area contributed by atoms with Crippen molar-refractivity contribution < 1.29 is 5.11 Å². The van der Waals surface area contributed by atoms with E-state index in [0.29, 0.717) is 0 Å². The zero-order valence-electron chi connectivity index (χ0n) is 8.77. The first-order valence-electron chi connectivity index (χ1n) is 4.82. The molecule has 0 saturated carbocycles. The van der Waals surface area contributed by atoms with Crippen LogP contribution in [0.1, 0.15) is 27.7 Å². The average molecular weight is 219 g/mol. The van der Waals surface area contributed by atoms with Gasteiger partial charge >= 0.3 is 0 Å². The summed E-state index contributed by atoms with van der Waals surface area (Å²) in [6.45, 7) is 4.01. The molecule has 78 valence electrons. The van der Waals surface area contributed by atoms with Crippen molar-refractivity contribution in [1.29, 1.82) is 0 Å². The Labute approximate surface area is 93.2 Å². The molecule has 2 nitrogen and oxygen atoms in total. The van der Waals surface area contributed by atoms with Gasteiger partial charge in [0.25, 0.3) is 0 Å². The monoisotopic (exact) mass is 219 g/mol. The summed E-state index contributed by atoms with van der Waals surface area (Å²) in [5, 5.41) is 12.2. The van der Waals surface area contributed by atoms with Gasteiger partial charge in [0.1, 0.15) is 6.10 Å². The Balaban J connectivity index is 2.41. The molecule has 0 saturated heterocycles. The molecular formula is C12H13NOS. The molecule has 2 aromatic rings. The van der Waals surface area contributed by atoms with E-state index in [2.05, 4.69) is 4.98 Å². The Hall–Kier alpha value is -1.19. The van der Waals surface area contributed by atoms with Crippen LogP contribution in [0.25, 0.3) is 0 Å². The van der Waals surface area contributed by atoms with Crippen molar-refractivity contribution in [3.8, 4) is 0 Å². The molecular weight excluding hydrogens is 206 g/mol. The van der Waals surface area contributed by atoms with Crippen LogP contribution in [0.4, 0.5) is 0 Å². The van der Waals surface area contributed by atoms with E-state index >= 15 is 0 Å². The smallest absolute Gasteiger partial charge is 0.107 e. The lowest BCUT2D eigenvalue weighted by molar-refractivity contribution is 0.219. The van der Waals surface area contributed by atoms with Crippen molar-refractivity contribution >= 4 is 11.3 Å². The molecule has 0 bridgehead atoms. The zero-order chi connectivity index (χ0) is 10.8. The van der Waals surface area contributed by atoms with Gasteiger partial charge in [0.15, 0.2) is 0 Å². The summed E-state index contributed by atoms with van der Waals surface area (Å²) in [5.74, 6) is 0. The number of aliphatic hydroxyl groups is 1. The third kappa shape index (κ3) is 1.94. The molecule has 2 heterocycles. The van der Waals surface area contributed by atoms with Gasteiger partial charge in [-0.25, -0.2) is 0 Å². The van der Waals surface area contributed by atoms with Crippen LogP contribution in [0.15, 0.2) is 29.9 Å². The second-order valence-corrected chi connectivity index (χ2v) is 4.69. The Morgan fingerprint density at radius 2 is 2.07 bits per heavy atom. The first-order valence-corrected chi connectivity index (χ1v) is 5.70. The molecule has 1 unspecified atom stereocenters. The Morgan fingerprint density at radius 3 is 2.67 bits per heavy atom. The Kier molecular flexibility index (Phi) is 2.84. The van der Waals surface area contributed by atoms with E-state index in [1.807, 2.05) is 31.4 Å². The van der Waals surface area contributed by atoms with Gasteiger partial charge in [-0.15, -0.1) is 11.3 Å². The molecule has 0 aliphatic rings. The fourth-order valence-corrected chi connectivity index (χ4v) is 2.34. The Morgan fingerprint density at radius 1 is 1.27 bits per heavy atom. The van der Waals surface area contributed by atoms with Gasteiger partial charge in [0.2, 0.25) is 0 Å². The summed E-state index contributed by atoms with van der Waals surface area (Å²) in [6, 6.07) is 3.89. The number of nitrogens with zero attached hydrogens (tertiary/aromatic N) is 1. The van der Waals surface area contributed by atoms with Crippen LogP contribution in [0.3, 0.4) is 0 Å². The van der Waals surface area contributed by atoms with Crippen LogP contribution in [0.2, 0.25) is 0 Å². The Bertz CT molecular complexity index is 464. The van der Waals surface area contributed by atoms with Crippen LogP contribution in [0, 0.1) is 13.8 Å². The minimum Gasteiger partial charge on any atom is -0.384 e. The van der Waals surface area contributed by atoms with Crippen LogP contribution in [0.5, 0.6) is 0 Å². The van der Waals surface area contributed by atoms with Gasteiger partial charge in [0, 0.05) is 22.8 Å². The molecule has 3 heteroatoms. The van der Waals surface area contributed by atoms with Crippen molar-refractivity contribution in [2.75, 3.05) is 0 Å². The second kappa shape index (κ2) is 4.13. The first-order chi connectivity index (χ1) is 7.20. The number of hydrogen-bond acceptors (Lipinski definition) is 3. The van der Waals surface area contributed by atoms with E-state index in [0.717, 1.165) is 21.6 Å². The number of aryl methyl sites for hydroxylation is 2. The summed E-state index contributed by atoms with van der Waals surface area (Å²) < 4.78 is 0. The summed E-state index contributed by atoms with van der Waals surface area (Å²) in [7, 11) is 0. The predicted octanol–water partition coefficient (Wildman–Crippen LogP) is 2.84. The minimum atomic E-state index is -0.551. The largest absolute Gasteiger partial charge is 0.384 e. The number of aliphatic hydroxyl groups excluding tert-OH is 1. The zero-order valence-corrected chi connectivity index (χ0v) is 9.58. The van der Waals surface area contributed by atoms with Gasteiger partial charge in [0.05, 0.1) is 0 Å². The van der Waals surface area contributed by atoms with Crippen molar-refractivity contribution in [2.45, 2.75) is 20.0 Å². The topological polar surface area (TPSA) is 33.1 Å². The lowest BCUT2D eigenvalue weighted by Gasteiger charge is -2.12. The normalized spacial score (nSPS) is 12.7. The van der Waals surface area contributed by atoms with E-state index < -0.39 is 6.10 Å². The van der Waals surface area contributed by atoms with Crippen LogP contribution >= 0.6 is 11.3 Å². The van der Waals surface area contributed by atoms with Gasteiger partial charge in [-0.3, -0.25) is 4.98 Å². The number of pyridine rings is 1. The highest BCUT2D eigenvalue weighted by Gasteiger charge is 2.15. The van der Waals surface area contributed by atoms with E-state index in [-0.39, 0.29) is 0 Å². The third-order valence-electron chi connectivity index (χ3n) is 2.57. The van der Waals surface area contributed by atoms with E-state index in [1.54, 1.807) is 23.7 Å². The van der Waals surface area contributed by atoms with Crippen LogP contribution in [-0.2, 0) is 0 Å². The van der Waals surface area contributed by atoms with Crippen molar-refractivity contribution in [3.63, 3.8) is 0 Å². The molecule has 15 heavy (non-hydrogen) atoms. The number of hydrogen-bond donors (Lipinski definition) is 1. The first kappa shape index (κ1) is 10.3. The molecule has 2 aromatic heterocycles. The highest BCUT2D eigenvalue weighted by atomic mass is 32.1. The fourth-order valence-electron chi connectivity index (χ4n) is 1.61. The van der Waals surface area contributed by atoms with Gasteiger partial charge in [-0.2, -0.15) is 0 Å². The SMILES string of the molecule is Cc1ccncc1C(O)c1ccsc1C. The average Bonchev–Trinajstić information content (AvgIpc) is 2.64. The standard InChI is InChI=1S/C12H13NOS/c1-8-3-5-13-7-11(8)12(14)10-4-6-15-9(10)2/h3-7,12,14H,1-2H3. The second-order valence-electron chi connectivity index (χ2n) is 3.57. The summed E-state index contributed by atoms with van der Waals surface area (Å²) in [4.78, 5) is 5.21. The molecule has 0 aromatic carbocycles. The summed E-state index contributed by atoms with van der Waals surface area (Å²) in [5.41, 5.74) is 2.94. The molecule has 0 spiro atoms. The molecule has 0 amide bonds. The molecule has 0 fully saturated rings. The molecule has 1 atom stereocenters. The molecule has 0 aliphatic heterocycles. The summed E-state index contributed by atoms with van der Waals surface area (Å²) >= 11 is 1.65. The highest BCUT2D eigenvalue weighted by Crippen LogP contribution is 2.28. The number of aromatic nitrogens is 1. The van der Waals surface area contributed by atoms with Gasteiger partial charge in [-0.1, -0.05) is 0 Å². The van der Waals surface area contributed by atoms with Crippen molar-refractivity contribution in [1.82, 2.24) is 4.98 Å². The van der Waals surface area contributed by atoms with Crippen LogP contribution in [-0.4, -0.2) is 10.1 Å². The maximum absolute atomic E-state index is 10.2. The summed E-state index contributed by atoms with van der Waals surface area (Å²) in [6.07, 6.45) is 2.92. The maximum Gasteiger partial charge on any atom is 0.107 e. The van der Waals surface area contributed by atoms with Crippen molar-refractivity contribution in [2.24, 2.45) is 0 Å². The van der Waals surface area contributed by atoms with E-state index in [4.69, 9.17) is 0 Å². The quantitative estimate of drug-likeness (QED) is 0.842. The van der Waals surface area contributed by atoms with Gasteiger partial charge < -0.3 is 5.11 Å². The van der Waals surface area contributed by atoms with E-state index in [9.17, 15) is 5.11 Å². The number of rotatable bonds is 2. The van der Waals surface area contributed by atoms with Crippen LogP contribution < -0.4 is 0 Å². The predicted molar refractivity (Wildman–Crippen MR) is 62.1 cm³/mol. The lowest BCUT2D eigenvalue weighted by atomic mass is 10.0. The van der Waals surface area contributed by atoms with Gasteiger partial charge in [-0.05, 0) is 42.5 Å². The van der Waals surface area contributed by atoms with E-state index in [1.165, 1.54) is 0 Å².